The normalized spacial score (nSPS) is 13.3. The number of thiophene rings is 1. The molecule has 0 amide bonds. The van der Waals surface area contributed by atoms with Gasteiger partial charge in [-0.1, -0.05) is 0 Å². The average molecular weight is 274 g/mol. The largest absolute Gasteiger partial charge is 0.481 e. The molecule has 1 aliphatic rings. The molecule has 0 unspecified atom stereocenters. The molecule has 0 aliphatic heterocycles. The molecule has 98 valence electrons. The van der Waals surface area contributed by atoms with E-state index in [1.165, 1.54) is 23.2 Å². The van der Waals surface area contributed by atoms with Crippen LogP contribution in [0.15, 0.2) is 18.5 Å². The monoisotopic (exact) mass is 274 g/mol. The number of fused-ring (bicyclic) bond motifs is 1. The lowest BCUT2D eigenvalue weighted by Crippen LogP contribution is -2.04. The fraction of sp³-hybridized carbons (Fsp3) is 0.357. The van der Waals surface area contributed by atoms with Crippen molar-refractivity contribution in [3.8, 4) is 5.88 Å². The first-order valence-corrected chi connectivity index (χ1v) is 7.07. The van der Waals surface area contributed by atoms with E-state index in [9.17, 15) is 4.79 Å². The third-order valence-corrected chi connectivity index (χ3v) is 4.55. The number of hydrogen-bond acceptors (Lipinski definition) is 5. The van der Waals surface area contributed by atoms with Crippen molar-refractivity contribution >= 4 is 17.1 Å². The molecule has 0 N–H and O–H groups in total. The molecular formula is C14H14N2O2S. The van der Waals surface area contributed by atoms with Gasteiger partial charge in [0, 0.05) is 10.9 Å². The van der Waals surface area contributed by atoms with Crippen LogP contribution >= 0.6 is 11.3 Å². The third kappa shape index (κ3) is 2.51. The first-order chi connectivity index (χ1) is 9.26. The second-order valence-electron chi connectivity index (χ2n) is 4.56. The van der Waals surface area contributed by atoms with E-state index in [2.05, 4.69) is 9.97 Å². The first-order valence-electron chi connectivity index (χ1n) is 6.26. The van der Waals surface area contributed by atoms with Gasteiger partial charge in [0.1, 0.15) is 6.33 Å². The lowest BCUT2D eigenvalue weighted by Gasteiger charge is -2.01. The van der Waals surface area contributed by atoms with E-state index in [1.54, 1.807) is 24.5 Å². The fourth-order valence-corrected chi connectivity index (χ4v) is 3.49. The number of carbonyl (C=O) groups excluding carboxylic acids is 1. The molecule has 1 aliphatic carbocycles. The highest BCUT2D eigenvalue weighted by atomic mass is 32.1. The summed E-state index contributed by atoms with van der Waals surface area (Å²) in [6.45, 7) is 0. The molecule has 0 atom stereocenters. The standard InChI is InChI=1S/C14H14N2O2S/c1-18-14-7-10(15-8-16-14)6-11(17)13-5-9-3-2-4-12(9)19-13/h5,7-8H,2-4,6H2,1H3. The number of ether oxygens (including phenoxy) is 1. The Balaban J connectivity index is 1.76. The van der Waals surface area contributed by atoms with Gasteiger partial charge in [0.25, 0.3) is 0 Å². The molecule has 0 spiro atoms. The highest BCUT2D eigenvalue weighted by molar-refractivity contribution is 7.14. The number of methoxy groups -OCH3 is 1. The summed E-state index contributed by atoms with van der Waals surface area (Å²) in [5, 5.41) is 0. The maximum atomic E-state index is 12.2. The summed E-state index contributed by atoms with van der Waals surface area (Å²) in [7, 11) is 1.55. The van der Waals surface area contributed by atoms with Crippen LogP contribution in [0, 0.1) is 0 Å². The highest BCUT2D eigenvalue weighted by Crippen LogP contribution is 2.31. The fourth-order valence-electron chi connectivity index (χ4n) is 2.30. The van der Waals surface area contributed by atoms with Crippen molar-refractivity contribution in [2.24, 2.45) is 0 Å². The van der Waals surface area contributed by atoms with E-state index in [-0.39, 0.29) is 5.78 Å². The van der Waals surface area contributed by atoms with Crippen LogP contribution in [-0.2, 0) is 19.3 Å². The molecule has 0 fully saturated rings. The summed E-state index contributed by atoms with van der Waals surface area (Å²) >= 11 is 1.64. The molecule has 4 nitrogen and oxygen atoms in total. The van der Waals surface area contributed by atoms with Crippen LogP contribution in [-0.4, -0.2) is 22.9 Å². The molecule has 0 radical (unpaired) electrons. The Bertz CT molecular complexity index is 600. The number of aryl methyl sites for hydroxylation is 2. The Morgan fingerprint density at radius 3 is 3.05 bits per heavy atom. The lowest BCUT2D eigenvalue weighted by molar-refractivity contribution is 0.0995. The zero-order valence-electron chi connectivity index (χ0n) is 10.7. The van der Waals surface area contributed by atoms with Crippen LogP contribution in [0.3, 0.4) is 0 Å². The van der Waals surface area contributed by atoms with Gasteiger partial charge in [-0.25, -0.2) is 9.97 Å². The Morgan fingerprint density at radius 1 is 1.37 bits per heavy atom. The van der Waals surface area contributed by atoms with Gasteiger partial charge in [-0.05, 0) is 30.9 Å². The molecule has 0 aromatic carbocycles. The van der Waals surface area contributed by atoms with E-state index >= 15 is 0 Å². The zero-order valence-corrected chi connectivity index (χ0v) is 11.5. The summed E-state index contributed by atoms with van der Waals surface area (Å²) in [6, 6.07) is 3.76. The van der Waals surface area contributed by atoms with Crippen molar-refractivity contribution in [3.05, 3.63) is 39.5 Å². The van der Waals surface area contributed by atoms with Gasteiger partial charge < -0.3 is 4.74 Å². The number of hydrogen-bond donors (Lipinski definition) is 0. The number of rotatable bonds is 4. The second kappa shape index (κ2) is 5.09. The van der Waals surface area contributed by atoms with Crippen LogP contribution in [0.25, 0.3) is 0 Å². The van der Waals surface area contributed by atoms with E-state index in [0.717, 1.165) is 17.7 Å². The SMILES string of the molecule is COc1cc(CC(=O)c2cc3c(s2)CCC3)ncn1. The van der Waals surface area contributed by atoms with Crippen molar-refractivity contribution in [2.75, 3.05) is 7.11 Å². The van der Waals surface area contributed by atoms with Gasteiger partial charge in [-0.2, -0.15) is 0 Å². The maximum Gasteiger partial charge on any atom is 0.216 e. The van der Waals surface area contributed by atoms with Crippen LogP contribution in [0.1, 0.15) is 32.2 Å². The van der Waals surface area contributed by atoms with Crippen molar-refractivity contribution < 1.29 is 9.53 Å². The van der Waals surface area contributed by atoms with Crippen LogP contribution in [0.4, 0.5) is 0 Å². The minimum Gasteiger partial charge on any atom is -0.481 e. The Kier molecular flexibility index (Phi) is 3.29. The van der Waals surface area contributed by atoms with Gasteiger partial charge >= 0.3 is 0 Å². The van der Waals surface area contributed by atoms with Gasteiger partial charge in [0.2, 0.25) is 5.88 Å². The minimum absolute atomic E-state index is 0.125. The smallest absolute Gasteiger partial charge is 0.216 e. The topological polar surface area (TPSA) is 52.1 Å². The van der Waals surface area contributed by atoms with Gasteiger partial charge in [-0.3, -0.25) is 4.79 Å². The summed E-state index contributed by atoms with van der Waals surface area (Å²) in [4.78, 5) is 22.5. The van der Waals surface area contributed by atoms with E-state index in [1.807, 2.05) is 6.07 Å². The predicted octanol–water partition coefficient (Wildman–Crippen LogP) is 2.46. The highest BCUT2D eigenvalue weighted by Gasteiger charge is 2.19. The Morgan fingerprint density at radius 2 is 2.26 bits per heavy atom. The van der Waals surface area contributed by atoms with Gasteiger partial charge in [0.05, 0.1) is 24.1 Å². The van der Waals surface area contributed by atoms with E-state index in [4.69, 9.17) is 4.74 Å². The maximum absolute atomic E-state index is 12.2. The summed E-state index contributed by atoms with van der Waals surface area (Å²) in [5.74, 6) is 0.617. The van der Waals surface area contributed by atoms with Gasteiger partial charge in [-0.15, -0.1) is 11.3 Å². The van der Waals surface area contributed by atoms with Crippen molar-refractivity contribution in [1.82, 2.24) is 9.97 Å². The number of carbonyl (C=O) groups is 1. The predicted molar refractivity (Wildman–Crippen MR) is 73.0 cm³/mol. The van der Waals surface area contributed by atoms with Crippen LogP contribution < -0.4 is 4.74 Å². The Hall–Kier alpha value is -1.75. The van der Waals surface area contributed by atoms with Crippen molar-refractivity contribution in [3.63, 3.8) is 0 Å². The van der Waals surface area contributed by atoms with E-state index in [0.29, 0.717) is 18.0 Å². The third-order valence-electron chi connectivity index (χ3n) is 3.27. The Labute approximate surface area is 115 Å². The number of Topliss-reactive ketones (excluding diaryl/α,β-unsaturated/α-hetero) is 1. The van der Waals surface area contributed by atoms with Crippen LogP contribution in [0.2, 0.25) is 0 Å². The second-order valence-corrected chi connectivity index (χ2v) is 5.70. The molecule has 2 heterocycles. The summed E-state index contributed by atoms with van der Waals surface area (Å²) in [6.07, 6.45) is 5.18. The first kappa shape index (κ1) is 12.3. The molecular weight excluding hydrogens is 260 g/mol. The number of nitrogens with zero attached hydrogens (tertiary/aromatic N) is 2. The molecule has 2 aromatic rings. The molecule has 0 saturated carbocycles. The quantitative estimate of drug-likeness (QED) is 0.804. The molecule has 3 rings (SSSR count). The minimum atomic E-state index is 0.125. The summed E-state index contributed by atoms with van der Waals surface area (Å²) in [5.41, 5.74) is 2.05. The van der Waals surface area contributed by atoms with E-state index < -0.39 is 0 Å². The molecule has 19 heavy (non-hydrogen) atoms. The van der Waals surface area contributed by atoms with Crippen molar-refractivity contribution in [1.29, 1.82) is 0 Å². The number of ketones is 1. The lowest BCUT2D eigenvalue weighted by atomic mass is 10.1. The molecule has 0 saturated heterocycles. The summed E-state index contributed by atoms with van der Waals surface area (Å²) < 4.78 is 5.03. The zero-order chi connectivity index (χ0) is 13.2. The average Bonchev–Trinajstić information content (AvgIpc) is 2.99. The molecule has 2 aromatic heterocycles. The molecule has 0 bridgehead atoms. The van der Waals surface area contributed by atoms with Crippen LogP contribution in [0.5, 0.6) is 5.88 Å². The van der Waals surface area contributed by atoms with Gasteiger partial charge in [0.15, 0.2) is 5.78 Å². The number of aromatic nitrogens is 2. The molecule has 5 heteroatoms. The van der Waals surface area contributed by atoms with Crippen molar-refractivity contribution in [2.45, 2.75) is 25.7 Å².